The predicted molar refractivity (Wildman–Crippen MR) is 99.4 cm³/mol. The van der Waals surface area contributed by atoms with Gasteiger partial charge in [-0.05, 0) is 43.2 Å². The summed E-state index contributed by atoms with van der Waals surface area (Å²) in [7, 11) is 0. The van der Waals surface area contributed by atoms with Crippen molar-refractivity contribution < 1.29 is 0 Å². The van der Waals surface area contributed by atoms with Gasteiger partial charge in [0.1, 0.15) is 0 Å². The van der Waals surface area contributed by atoms with Crippen molar-refractivity contribution >= 4 is 33.4 Å². The summed E-state index contributed by atoms with van der Waals surface area (Å²) < 4.78 is 2.37. The van der Waals surface area contributed by atoms with Crippen LogP contribution >= 0.6 is 11.6 Å². The maximum atomic E-state index is 6.12. The van der Waals surface area contributed by atoms with Crippen molar-refractivity contribution in [3.05, 3.63) is 59.8 Å². The molecular weight excluding hydrogens is 304 g/mol. The summed E-state index contributed by atoms with van der Waals surface area (Å²) in [4.78, 5) is 3.31. The second kappa shape index (κ2) is 5.47. The Morgan fingerprint density at radius 1 is 1.04 bits per heavy atom. The van der Waals surface area contributed by atoms with Crippen molar-refractivity contribution in [3.63, 3.8) is 0 Å². The Balaban J connectivity index is 2.12. The van der Waals surface area contributed by atoms with E-state index >= 15 is 0 Å². The summed E-state index contributed by atoms with van der Waals surface area (Å²) in [6.07, 6.45) is 2.00. The third kappa shape index (κ3) is 2.17. The van der Waals surface area contributed by atoms with Gasteiger partial charge in [0.2, 0.25) is 0 Å². The molecule has 0 saturated heterocycles. The number of fused-ring (bicyclic) bond motifs is 2. The molecule has 3 heteroatoms. The molecule has 4 aromatic rings. The molecule has 2 aromatic carbocycles. The van der Waals surface area contributed by atoms with Crippen LogP contribution in [0.3, 0.4) is 0 Å². The number of aryl methyl sites for hydroxylation is 3. The largest absolute Gasteiger partial charge is 0.361 e. The molecule has 0 aliphatic rings. The maximum absolute atomic E-state index is 6.12. The monoisotopic (exact) mass is 322 g/mol. The number of rotatable bonds is 3. The smallest absolute Gasteiger partial charge is 0.0528 e. The number of H-pyrrole nitrogens is 1. The van der Waals surface area contributed by atoms with Crippen LogP contribution in [0, 0.1) is 13.8 Å². The molecule has 0 aliphatic heterocycles. The van der Waals surface area contributed by atoms with E-state index in [1.54, 1.807) is 0 Å². The molecule has 0 spiro atoms. The van der Waals surface area contributed by atoms with E-state index in [0.29, 0.717) is 5.88 Å². The van der Waals surface area contributed by atoms with Crippen LogP contribution in [-0.4, -0.2) is 15.4 Å². The van der Waals surface area contributed by atoms with E-state index in [-0.39, 0.29) is 0 Å². The molecular formula is C20H19ClN2. The van der Waals surface area contributed by atoms with E-state index in [9.17, 15) is 0 Å². The van der Waals surface area contributed by atoms with Crippen molar-refractivity contribution in [1.82, 2.24) is 9.55 Å². The summed E-state index contributed by atoms with van der Waals surface area (Å²) >= 11 is 6.12. The summed E-state index contributed by atoms with van der Waals surface area (Å²) in [5.74, 6) is 0.604. The molecule has 0 atom stereocenters. The van der Waals surface area contributed by atoms with Crippen LogP contribution in [0.5, 0.6) is 0 Å². The van der Waals surface area contributed by atoms with E-state index < -0.39 is 0 Å². The van der Waals surface area contributed by atoms with Gasteiger partial charge in [-0.2, -0.15) is 0 Å². The molecule has 2 nitrogen and oxygen atoms in total. The molecule has 0 unspecified atom stereocenters. The number of halogens is 1. The molecule has 2 aromatic heterocycles. The Hall–Kier alpha value is -2.19. The number of aromatic amines is 1. The fourth-order valence-electron chi connectivity index (χ4n) is 3.59. The maximum Gasteiger partial charge on any atom is 0.0528 e. The zero-order chi connectivity index (χ0) is 16.0. The van der Waals surface area contributed by atoms with Crippen LogP contribution in [0.4, 0.5) is 0 Å². The van der Waals surface area contributed by atoms with Crippen molar-refractivity contribution in [2.45, 2.75) is 20.4 Å². The van der Waals surface area contributed by atoms with Gasteiger partial charge in [-0.1, -0.05) is 24.3 Å². The highest BCUT2D eigenvalue weighted by Gasteiger charge is 2.17. The Morgan fingerprint density at radius 2 is 1.91 bits per heavy atom. The van der Waals surface area contributed by atoms with Crippen LogP contribution in [0.15, 0.2) is 48.7 Å². The SMILES string of the molecule is Cc1ccc2c(C)c(-c3cccc4[nH]ccc34)n(CCCl)c2c1. The number of alkyl halides is 1. The van der Waals surface area contributed by atoms with Crippen molar-refractivity contribution in [2.24, 2.45) is 0 Å². The molecule has 0 aliphatic carbocycles. The highest BCUT2D eigenvalue weighted by molar-refractivity contribution is 6.17. The molecule has 116 valence electrons. The van der Waals surface area contributed by atoms with E-state index in [1.165, 1.54) is 44.2 Å². The molecule has 0 fully saturated rings. The minimum absolute atomic E-state index is 0.604. The van der Waals surface area contributed by atoms with Gasteiger partial charge in [0, 0.05) is 46.0 Å². The Bertz CT molecular complexity index is 1010. The number of hydrogen-bond donors (Lipinski definition) is 1. The third-order valence-electron chi connectivity index (χ3n) is 4.63. The summed E-state index contributed by atoms with van der Waals surface area (Å²) in [6, 6.07) is 15.3. The molecule has 0 amide bonds. The number of benzene rings is 2. The van der Waals surface area contributed by atoms with Crippen molar-refractivity contribution in [3.8, 4) is 11.3 Å². The van der Waals surface area contributed by atoms with Crippen LogP contribution < -0.4 is 0 Å². The number of aromatic nitrogens is 2. The normalized spacial score (nSPS) is 11.6. The predicted octanol–water partition coefficient (Wildman–Crippen LogP) is 5.65. The third-order valence-corrected chi connectivity index (χ3v) is 4.80. The van der Waals surface area contributed by atoms with Gasteiger partial charge in [-0.15, -0.1) is 11.6 Å². The lowest BCUT2D eigenvalue weighted by atomic mass is 10.0. The molecule has 4 rings (SSSR count). The summed E-state index contributed by atoms with van der Waals surface area (Å²) in [6.45, 7) is 5.16. The lowest BCUT2D eigenvalue weighted by molar-refractivity contribution is 0.810. The minimum atomic E-state index is 0.604. The first-order valence-corrected chi connectivity index (χ1v) is 8.46. The Labute approximate surface area is 140 Å². The Morgan fingerprint density at radius 3 is 2.74 bits per heavy atom. The van der Waals surface area contributed by atoms with Crippen LogP contribution in [0.25, 0.3) is 33.1 Å². The van der Waals surface area contributed by atoms with Crippen molar-refractivity contribution in [1.29, 1.82) is 0 Å². The fourth-order valence-corrected chi connectivity index (χ4v) is 3.76. The first kappa shape index (κ1) is 14.4. The Kier molecular flexibility index (Phi) is 3.42. The first-order valence-electron chi connectivity index (χ1n) is 7.92. The molecule has 1 N–H and O–H groups in total. The quantitative estimate of drug-likeness (QED) is 0.471. The molecule has 23 heavy (non-hydrogen) atoms. The van der Waals surface area contributed by atoms with Gasteiger partial charge in [-0.25, -0.2) is 0 Å². The minimum Gasteiger partial charge on any atom is -0.361 e. The second-order valence-electron chi connectivity index (χ2n) is 6.08. The van der Waals surface area contributed by atoms with Gasteiger partial charge < -0.3 is 9.55 Å². The van der Waals surface area contributed by atoms with E-state index in [2.05, 4.69) is 65.9 Å². The van der Waals surface area contributed by atoms with Crippen LogP contribution in [0.2, 0.25) is 0 Å². The zero-order valence-electron chi connectivity index (χ0n) is 13.4. The fraction of sp³-hybridized carbons (Fsp3) is 0.200. The zero-order valence-corrected chi connectivity index (χ0v) is 14.1. The lowest BCUT2D eigenvalue weighted by Crippen LogP contribution is -2.02. The van der Waals surface area contributed by atoms with E-state index in [4.69, 9.17) is 11.6 Å². The van der Waals surface area contributed by atoms with Gasteiger partial charge >= 0.3 is 0 Å². The number of nitrogens with one attached hydrogen (secondary N) is 1. The second-order valence-corrected chi connectivity index (χ2v) is 6.46. The highest BCUT2D eigenvalue weighted by atomic mass is 35.5. The lowest BCUT2D eigenvalue weighted by Gasteiger charge is -2.11. The van der Waals surface area contributed by atoms with E-state index in [1.807, 2.05) is 6.20 Å². The van der Waals surface area contributed by atoms with Gasteiger partial charge in [0.05, 0.1) is 5.69 Å². The average molecular weight is 323 g/mol. The van der Waals surface area contributed by atoms with Gasteiger partial charge in [0.25, 0.3) is 0 Å². The summed E-state index contributed by atoms with van der Waals surface area (Å²) in [5.41, 5.74) is 7.57. The number of hydrogen-bond acceptors (Lipinski definition) is 0. The molecule has 2 heterocycles. The van der Waals surface area contributed by atoms with Crippen molar-refractivity contribution in [2.75, 3.05) is 5.88 Å². The van der Waals surface area contributed by atoms with Crippen LogP contribution in [0.1, 0.15) is 11.1 Å². The van der Waals surface area contributed by atoms with E-state index in [0.717, 1.165) is 6.54 Å². The topological polar surface area (TPSA) is 20.7 Å². The molecule has 0 bridgehead atoms. The first-order chi connectivity index (χ1) is 11.2. The van der Waals surface area contributed by atoms with Gasteiger partial charge in [-0.3, -0.25) is 0 Å². The highest BCUT2D eigenvalue weighted by Crippen LogP contribution is 2.37. The van der Waals surface area contributed by atoms with Crippen LogP contribution in [-0.2, 0) is 6.54 Å². The average Bonchev–Trinajstić information content (AvgIpc) is 3.12. The summed E-state index contributed by atoms with van der Waals surface area (Å²) in [5, 5.41) is 2.56. The standard InChI is InChI=1S/C20H19ClN2/c1-13-6-7-15-14(2)20(23(11-9-21)19(15)12-13)17-4-3-5-18-16(17)8-10-22-18/h3-8,10,12,22H,9,11H2,1-2H3. The van der Waals surface area contributed by atoms with Gasteiger partial charge in [0.15, 0.2) is 0 Å². The molecule has 0 saturated carbocycles. The molecule has 0 radical (unpaired) electrons. The number of nitrogens with zero attached hydrogens (tertiary/aromatic N) is 1.